The van der Waals surface area contributed by atoms with Gasteiger partial charge < -0.3 is 9.84 Å². The fourth-order valence-electron chi connectivity index (χ4n) is 4.43. The van der Waals surface area contributed by atoms with Gasteiger partial charge >= 0.3 is 0 Å². The fraction of sp³-hybridized carbons (Fsp3) is 0.0714. The molecule has 4 aromatic carbocycles. The van der Waals surface area contributed by atoms with Gasteiger partial charge in [-0.25, -0.2) is 0 Å². The molecule has 0 saturated carbocycles. The predicted octanol–water partition coefficient (Wildman–Crippen LogP) is 6.13. The van der Waals surface area contributed by atoms with Gasteiger partial charge in [0.1, 0.15) is 11.5 Å². The number of hydrogen-bond donors (Lipinski definition) is 1. The Balaban J connectivity index is 1.81. The molecule has 1 heterocycles. The highest BCUT2D eigenvalue weighted by Gasteiger charge is 2.47. The summed E-state index contributed by atoms with van der Waals surface area (Å²) in [6, 6.07) is 26.1. The zero-order valence-electron chi connectivity index (χ0n) is 18.2. The summed E-state index contributed by atoms with van der Waals surface area (Å²) in [6.45, 7) is 0. The maximum atomic E-state index is 13.4. The number of hydrogen-bond acceptors (Lipinski definition) is 4. The van der Waals surface area contributed by atoms with E-state index in [2.05, 4.69) is 0 Å². The number of benzene rings is 4. The lowest BCUT2D eigenvalue weighted by molar-refractivity contribution is -0.132. The molecule has 0 radical (unpaired) electrons. The number of Topliss-reactive ketones (excluding diaryl/α,β-unsaturated/α-hetero) is 1. The number of halogens is 1. The van der Waals surface area contributed by atoms with Crippen molar-refractivity contribution in [3.8, 4) is 5.75 Å². The molecule has 0 aromatic heterocycles. The molecule has 168 valence electrons. The van der Waals surface area contributed by atoms with Crippen LogP contribution in [0.1, 0.15) is 17.2 Å². The molecule has 5 nitrogen and oxygen atoms in total. The van der Waals surface area contributed by atoms with Crippen molar-refractivity contribution in [2.45, 2.75) is 6.04 Å². The first kappa shape index (κ1) is 21.7. The maximum Gasteiger partial charge on any atom is 0.300 e. The van der Waals surface area contributed by atoms with Crippen LogP contribution in [0.5, 0.6) is 5.75 Å². The van der Waals surface area contributed by atoms with Crippen molar-refractivity contribution in [3.05, 3.63) is 113 Å². The van der Waals surface area contributed by atoms with Crippen molar-refractivity contribution < 1.29 is 19.4 Å². The molecule has 5 rings (SSSR count). The fourth-order valence-corrected chi connectivity index (χ4v) is 4.62. The normalized spacial score (nSPS) is 17.4. The molecule has 1 atom stereocenters. The second-order valence-electron chi connectivity index (χ2n) is 7.95. The minimum atomic E-state index is -0.850. The third-order valence-corrected chi connectivity index (χ3v) is 6.23. The van der Waals surface area contributed by atoms with Gasteiger partial charge in [0, 0.05) is 22.3 Å². The molecule has 1 saturated heterocycles. The molecule has 0 spiro atoms. The van der Waals surface area contributed by atoms with E-state index >= 15 is 0 Å². The first-order valence-corrected chi connectivity index (χ1v) is 11.1. The number of aliphatic hydroxyl groups excluding tert-OH is 1. The van der Waals surface area contributed by atoms with Crippen LogP contribution in [0.2, 0.25) is 5.02 Å². The van der Waals surface area contributed by atoms with Gasteiger partial charge in [-0.05, 0) is 40.6 Å². The third-order valence-electron chi connectivity index (χ3n) is 5.99. The highest BCUT2D eigenvalue weighted by atomic mass is 35.5. The van der Waals surface area contributed by atoms with E-state index in [1.165, 1.54) is 12.0 Å². The van der Waals surface area contributed by atoms with Crippen LogP contribution < -0.4 is 9.64 Å². The molecule has 1 N–H and O–H groups in total. The Bertz CT molecular complexity index is 1470. The van der Waals surface area contributed by atoms with Gasteiger partial charge in [-0.2, -0.15) is 0 Å². The summed E-state index contributed by atoms with van der Waals surface area (Å²) in [6.07, 6.45) is 0. The molecule has 0 bridgehead atoms. The minimum absolute atomic E-state index is 0.00596. The van der Waals surface area contributed by atoms with Gasteiger partial charge in [0.2, 0.25) is 0 Å². The summed E-state index contributed by atoms with van der Waals surface area (Å²) in [5.74, 6) is -1.22. The Morgan fingerprint density at radius 3 is 2.44 bits per heavy atom. The average Bonchev–Trinajstić information content (AvgIpc) is 3.13. The molecule has 6 heteroatoms. The van der Waals surface area contributed by atoms with Crippen LogP contribution >= 0.6 is 11.6 Å². The van der Waals surface area contributed by atoms with E-state index in [9.17, 15) is 14.7 Å². The summed E-state index contributed by atoms with van der Waals surface area (Å²) in [5.41, 5.74) is 1.58. The molecule has 1 unspecified atom stereocenters. The lowest BCUT2D eigenvalue weighted by Gasteiger charge is -2.26. The van der Waals surface area contributed by atoms with E-state index in [0.29, 0.717) is 22.0 Å². The number of methoxy groups -OCH3 is 1. The summed E-state index contributed by atoms with van der Waals surface area (Å²) < 4.78 is 5.35. The second-order valence-corrected chi connectivity index (χ2v) is 8.39. The third kappa shape index (κ3) is 3.60. The van der Waals surface area contributed by atoms with Crippen molar-refractivity contribution in [2.24, 2.45) is 0 Å². The van der Waals surface area contributed by atoms with Crippen molar-refractivity contribution in [3.63, 3.8) is 0 Å². The van der Waals surface area contributed by atoms with Crippen LogP contribution in [-0.4, -0.2) is 23.9 Å². The number of carbonyl (C=O) groups excluding carboxylic acids is 2. The Morgan fingerprint density at radius 2 is 1.65 bits per heavy atom. The largest absolute Gasteiger partial charge is 0.507 e. The van der Waals surface area contributed by atoms with Crippen LogP contribution in [-0.2, 0) is 9.59 Å². The number of carbonyl (C=O) groups is 2. The van der Waals surface area contributed by atoms with E-state index in [1.807, 2.05) is 42.5 Å². The van der Waals surface area contributed by atoms with Gasteiger partial charge in [0.05, 0.1) is 18.7 Å². The molecule has 1 aliphatic heterocycles. The Hall–Kier alpha value is -4.09. The monoisotopic (exact) mass is 469 g/mol. The number of ketones is 1. The summed E-state index contributed by atoms with van der Waals surface area (Å²) >= 11 is 6.14. The van der Waals surface area contributed by atoms with Crippen molar-refractivity contribution in [2.75, 3.05) is 12.0 Å². The van der Waals surface area contributed by atoms with Crippen molar-refractivity contribution in [1.29, 1.82) is 0 Å². The zero-order valence-corrected chi connectivity index (χ0v) is 19.0. The average molecular weight is 470 g/mol. The standard InChI is InChI=1S/C28H20ClNO4/c1-34-21-12-6-11-20(16-21)30-25(23-14-5-8-17-7-2-3-13-22(17)23)24(27(32)28(30)33)26(31)18-9-4-10-19(29)15-18/h2-16,25,31H,1H3/b26-24-. The van der Waals surface area contributed by atoms with Crippen molar-refractivity contribution >= 4 is 45.5 Å². The first-order chi connectivity index (χ1) is 16.5. The van der Waals surface area contributed by atoms with Gasteiger partial charge in [-0.15, -0.1) is 0 Å². The van der Waals surface area contributed by atoms with Gasteiger partial charge in [-0.3, -0.25) is 14.5 Å². The number of ether oxygens (including phenoxy) is 1. The first-order valence-electron chi connectivity index (χ1n) is 10.7. The van der Waals surface area contributed by atoms with Crippen LogP contribution in [0.25, 0.3) is 16.5 Å². The topological polar surface area (TPSA) is 66.8 Å². The molecule has 1 aliphatic rings. The number of anilines is 1. The minimum Gasteiger partial charge on any atom is -0.507 e. The van der Waals surface area contributed by atoms with Crippen LogP contribution in [0.3, 0.4) is 0 Å². The SMILES string of the molecule is COc1cccc(N2C(=O)C(=O)/C(=C(\O)c3cccc(Cl)c3)C2c2cccc3ccccc23)c1. The number of fused-ring (bicyclic) bond motifs is 1. The highest BCUT2D eigenvalue weighted by Crippen LogP contribution is 2.44. The lowest BCUT2D eigenvalue weighted by Crippen LogP contribution is -2.29. The second kappa shape index (κ2) is 8.69. The van der Waals surface area contributed by atoms with E-state index in [0.717, 1.165) is 16.3 Å². The highest BCUT2D eigenvalue weighted by molar-refractivity contribution is 6.52. The number of nitrogens with zero attached hydrogens (tertiary/aromatic N) is 1. The van der Waals surface area contributed by atoms with Gasteiger partial charge in [0.25, 0.3) is 11.7 Å². The molecule has 1 fully saturated rings. The van der Waals surface area contributed by atoms with Crippen LogP contribution in [0, 0.1) is 0 Å². The number of amides is 1. The van der Waals surface area contributed by atoms with E-state index in [1.54, 1.807) is 48.5 Å². The Labute approximate surface area is 201 Å². The van der Waals surface area contributed by atoms with E-state index in [-0.39, 0.29) is 11.3 Å². The molecule has 0 aliphatic carbocycles. The molecular weight excluding hydrogens is 450 g/mol. The van der Waals surface area contributed by atoms with Gasteiger partial charge in [0.15, 0.2) is 0 Å². The Kier molecular flexibility index (Phi) is 5.56. The number of aliphatic hydroxyl groups is 1. The van der Waals surface area contributed by atoms with E-state index in [4.69, 9.17) is 16.3 Å². The van der Waals surface area contributed by atoms with Gasteiger partial charge in [-0.1, -0.05) is 72.3 Å². The van der Waals surface area contributed by atoms with E-state index < -0.39 is 17.7 Å². The molecular formula is C28H20ClNO4. The Morgan fingerprint density at radius 1 is 0.912 bits per heavy atom. The van der Waals surface area contributed by atoms with Crippen LogP contribution in [0.15, 0.2) is 96.6 Å². The maximum absolute atomic E-state index is 13.4. The zero-order chi connectivity index (χ0) is 23.8. The summed E-state index contributed by atoms with van der Waals surface area (Å²) in [7, 11) is 1.54. The number of rotatable bonds is 4. The lowest BCUT2D eigenvalue weighted by atomic mass is 9.91. The van der Waals surface area contributed by atoms with Crippen LogP contribution in [0.4, 0.5) is 5.69 Å². The summed E-state index contributed by atoms with van der Waals surface area (Å²) in [4.78, 5) is 28.2. The quantitative estimate of drug-likeness (QED) is 0.222. The summed E-state index contributed by atoms with van der Waals surface area (Å²) in [5, 5.41) is 13.5. The molecule has 1 amide bonds. The molecule has 34 heavy (non-hydrogen) atoms. The predicted molar refractivity (Wildman–Crippen MR) is 133 cm³/mol. The smallest absolute Gasteiger partial charge is 0.300 e. The van der Waals surface area contributed by atoms with Crippen molar-refractivity contribution in [1.82, 2.24) is 0 Å². The molecule has 4 aromatic rings.